The van der Waals surface area contributed by atoms with Gasteiger partial charge in [-0.25, -0.2) is 0 Å². The number of rotatable bonds is 6. The molecular formula is C20H29N. The molecule has 3 fully saturated rings. The molecule has 2 bridgehead atoms. The van der Waals surface area contributed by atoms with Gasteiger partial charge in [0.25, 0.3) is 0 Å². The van der Waals surface area contributed by atoms with Gasteiger partial charge in [0, 0.05) is 6.04 Å². The topological polar surface area (TPSA) is 12.0 Å². The van der Waals surface area contributed by atoms with Crippen LogP contribution in [-0.4, -0.2) is 12.6 Å². The van der Waals surface area contributed by atoms with Gasteiger partial charge in [-0.15, -0.1) is 0 Å². The first-order chi connectivity index (χ1) is 10.4. The summed E-state index contributed by atoms with van der Waals surface area (Å²) in [7, 11) is 0. The van der Waals surface area contributed by atoms with Crippen molar-refractivity contribution in [3.05, 3.63) is 35.9 Å². The van der Waals surface area contributed by atoms with Gasteiger partial charge in [-0.05, 0) is 73.8 Å². The number of hydrogen-bond acceptors (Lipinski definition) is 1. The van der Waals surface area contributed by atoms with Crippen LogP contribution >= 0.6 is 0 Å². The highest BCUT2D eigenvalue weighted by molar-refractivity contribution is 5.27. The number of hydrogen-bond donors (Lipinski definition) is 1. The van der Waals surface area contributed by atoms with Gasteiger partial charge in [0.1, 0.15) is 0 Å². The second-order valence-corrected chi connectivity index (χ2v) is 7.74. The van der Waals surface area contributed by atoms with Crippen LogP contribution in [0.4, 0.5) is 0 Å². The summed E-state index contributed by atoms with van der Waals surface area (Å²) in [5, 5.41) is 3.96. The third-order valence-corrected chi connectivity index (χ3v) is 6.41. The van der Waals surface area contributed by atoms with Gasteiger partial charge >= 0.3 is 0 Å². The molecule has 0 saturated heterocycles. The fraction of sp³-hybridized carbons (Fsp3) is 0.700. The summed E-state index contributed by atoms with van der Waals surface area (Å²) in [6.45, 7) is 3.50. The first-order valence-corrected chi connectivity index (χ1v) is 9.15. The molecule has 1 nitrogen and oxygen atoms in total. The molecule has 1 N–H and O–H groups in total. The fourth-order valence-corrected chi connectivity index (χ4v) is 5.36. The second-order valence-electron chi connectivity index (χ2n) is 7.74. The average Bonchev–Trinajstić information content (AvgIpc) is 3.02. The van der Waals surface area contributed by atoms with E-state index in [1.54, 1.807) is 5.56 Å². The van der Waals surface area contributed by atoms with Crippen molar-refractivity contribution < 1.29 is 0 Å². The molecule has 0 heterocycles. The highest BCUT2D eigenvalue weighted by Crippen LogP contribution is 2.57. The lowest BCUT2D eigenvalue weighted by atomic mass is 9.80. The normalized spacial score (nSPS) is 38.6. The van der Waals surface area contributed by atoms with E-state index in [4.69, 9.17) is 0 Å². The highest BCUT2D eigenvalue weighted by Gasteiger charge is 2.51. The Morgan fingerprint density at radius 3 is 2.57 bits per heavy atom. The minimum atomic E-state index is 0.797. The van der Waals surface area contributed by atoms with Gasteiger partial charge in [0.2, 0.25) is 0 Å². The summed E-state index contributed by atoms with van der Waals surface area (Å²) in [5.41, 5.74) is 1.58. The molecule has 0 amide bonds. The molecule has 1 aromatic rings. The third-order valence-electron chi connectivity index (χ3n) is 6.41. The lowest BCUT2D eigenvalue weighted by Gasteiger charge is -2.32. The molecular weight excluding hydrogens is 254 g/mol. The van der Waals surface area contributed by atoms with E-state index in [0.717, 1.165) is 35.6 Å². The van der Waals surface area contributed by atoms with Crippen LogP contribution in [0.25, 0.3) is 0 Å². The van der Waals surface area contributed by atoms with E-state index < -0.39 is 0 Å². The van der Waals surface area contributed by atoms with Gasteiger partial charge < -0.3 is 5.32 Å². The van der Waals surface area contributed by atoms with Gasteiger partial charge in [-0.2, -0.15) is 0 Å². The molecule has 1 aromatic carbocycles. The van der Waals surface area contributed by atoms with E-state index in [0.29, 0.717) is 0 Å². The van der Waals surface area contributed by atoms with Crippen molar-refractivity contribution in [1.29, 1.82) is 0 Å². The Morgan fingerprint density at radius 1 is 1.05 bits per heavy atom. The molecule has 6 atom stereocenters. The second kappa shape index (κ2) is 5.76. The van der Waals surface area contributed by atoms with Gasteiger partial charge in [-0.3, -0.25) is 0 Å². The van der Waals surface area contributed by atoms with Gasteiger partial charge in [0.15, 0.2) is 0 Å². The minimum absolute atomic E-state index is 0.797. The van der Waals surface area contributed by atoms with Crippen LogP contribution < -0.4 is 5.32 Å². The van der Waals surface area contributed by atoms with Gasteiger partial charge in [-0.1, -0.05) is 43.7 Å². The van der Waals surface area contributed by atoms with Crippen molar-refractivity contribution in [3.8, 4) is 0 Å². The van der Waals surface area contributed by atoms with Crippen LogP contribution in [0.3, 0.4) is 0 Å². The summed E-state index contributed by atoms with van der Waals surface area (Å²) < 4.78 is 0. The van der Waals surface area contributed by atoms with Crippen molar-refractivity contribution in [3.63, 3.8) is 0 Å². The van der Waals surface area contributed by atoms with Crippen molar-refractivity contribution in [2.24, 2.45) is 23.7 Å². The highest BCUT2D eigenvalue weighted by atomic mass is 14.9. The minimum Gasteiger partial charge on any atom is -0.313 e. The largest absolute Gasteiger partial charge is 0.313 e. The third kappa shape index (κ3) is 2.65. The van der Waals surface area contributed by atoms with Crippen LogP contribution in [0.5, 0.6) is 0 Å². The maximum absolute atomic E-state index is 3.96. The predicted octanol–water partition coefficient (Wildman–Crippen LogP) is 4.59. The van der Waals surface area contributed by atoms with Crippen LogP contribution in [-0.2, 0) is 0 Å². The monoisotopic (exact) mass is 283 g/mol. The van der Waals surface area contributed by atoms with Crippen molar-refractivity contribution in [2.75, 3.05) is 6.54 Å². The quantitative estimate of drug-likeness (QED) is 0.805. The molecule has 114 valence electrons. The van der Waals surface area contributed by atoms with E-state index in [9.17, 15) is 0 Å². The Balaban J connectivity index is 1.46. The number of nitrogens with one attached hydrogen (secondary N) is 1. The summed E-state index contributed by atoms with van der Waals surface area (Å²) in [6, 6.07) is 12.0. The summed E-state index contributed by atoms with van der Waals surface area (Å²) in [6.07, 6.45) is 8.78. The van der Waals surface area contributed by atoms with Crippen LogP contribution in [0.2, 0.25) is 0 Å². The number of benzene rings is 1. The zero-order valence-electron chi connectivity index (χ0n) is 13.3. The van der Waals surface area contributed by atoms with Crippen LogP contribution in [0, 0.1) is 23.7 Å². The first-order valence-electron chi connectivity index (χ1n) is 9.15. The molecule has 1 heteroatoms. The first kappa shape index (κ1) is 13.8. The zero-order chi connectivity index (χ0) is 14.2. The maximum atomic E-state index is 3.96. The molecule has 6 unspecified atom stereocenters. The molecule has 3 aliphatic rings. The Bertz CT molecular complexity index is 468. The smallest absolute Gasteiger partial charge is 0.0132 e. The van der Waals surface area contributed by atoms with E-state index in [-0.39, 0.29) is 0 Å². The van der Waals surface area contributed by atoms with Crippen LogP contribution in [0.15, 0.2) is 30.3 Å². The maximum Gasteiger partial charge on any atom is 0.0132 e. The van der Waals surface area contributed by atoms with E-state index in [1.165, 1.54) is 45.1 Å². The molecule has 0 radical (unpaired) electrons. The van der Waals surface area contributed by atoms with Crippen LogP contribution in [0.1, 0.15) is 56.9 Å². The fourth-order valence-electron chi connectivity index (χ4n) is 5.36. The summed E-state index contributed by atoms with van der Waals surface area (Å²) in [5.74, 6) is 4.83. The number of fused-ring (bicyclic) bond motifs is 2. The molecule has 0 aromatic heterocycles. The molecule has 4 rings (SSSR count). The SMILES string of the molecule is CCCNC(C1CC2CCC1C2)C1CC1c1ccccc1. The zero-order valence-corrected chi connectivity index (χ0v) is 13.3. The lowest BCUT2D eigenvalue weighted by molar-refractivity contribution is 0.227. The van der Waals surface area contributed by atoms with E-state index in [1.807, 2.05) is 0 Å². The summed E-state index contributed by atoms with van der Waals surface area (Å²) >= 11 is 0. The van der Waals surface area contributed by atoms with Crippen molar-refractivity contribution in [2.45, 2.75) is 57.4 Å². The van der Waals surface area contributed by atoms with Crippen molar-refractivity contribution in [1.82, 2.24) is 5.32 Å². The van der Waals surface area contributed by atoms with E-state index >= 15 is 0 Å². The lowest BCUT2D eigenvalue weighted by Crippen LogP contribution is -2.41. The molecule has 0 spiro atoms. The Hall–Kier alpha value is -0.820. The molecule has 3 saturated carbocycles. The Morgan fingerprint density at radius 2 is 1.90 bits per heavy atom. The summed E-state index contributed by atoms with van der Waals surface area (Å²) in [4.78, 5) is 0. The molecule has 3 aliphatic carbocycles. The average molecular weight is 283 g/mol. The Kier molecular flexibility index (Phi) is 3.79. The van der Waals surface area contributed by atoms with E-state index in [2.05, 4.69) is 42.6 Å². The predicted molar refractivity (Wildman–Crippen MR) is 88.3 cm³/mol. The molecule has 0 aliphatic heterocycles. The standard InChI is InChI=1S/C20H29N/c1-2-10-21-20(18-12-14-8-9-16(18)11-14)19-13-17(19)15-6-4-3-5-7-15/h3-7,14,16-21H,2,8-13H2,1H3. The molecule has 21 heavy (non-hydrogen) atoms. The Labute approximate surface area is 129 Å². The van der Waals surface area contributed by atoms with Gasteiger partial charge in [0.05, 0.1) is 0 Å². The van der Waals surface area contributed by atoms with Crippen molar-refractivity contribution >= 4 is 0 Å².